The molecule has 1 atom stereocenters. The zero-order chi connectivity index (χ0) is 20.8. The van der Waals surface area contributed by atoms with Crippen molar-refractivity contribution in [1.82, 2.24) is 15.1 Å². The van der Waals surface area contributed by atoms with Gasteiger partial charge in [0.25, 0.3) is 0 Å². The summed E-state index contributed by atoms with van der Waals surface area (Å²) in [4.78, 5) is 29.7. The Balaban J connectivity index is 2.08. The lowest BCUT2D eigenvalue weighted by Crippen LogP contribution is -2.51. The fraction of sp³-hybridized carbons (Fsp3) is 0.455. The SMILES string of the molecule is C=CCN1C(=O)NC(c2ccc(F)cc2)C(C(=O)OCC)=C1CN1CCCCC1. The maximum atomic E-state index is 13.4. The highest BCUT2D eigenvalue weighted by molar-refractivity contribution is 5.95. The Labute approximate surface area is 171 Å². The van der Waals surface area contributed by atoms with Gasteiger partial charge in [-0.2, -0.15) is 0 Å². The van der Waals surface area contributed by atoms with Gasteiger partial charge in [-0.1, -0.05) is 24.6 Å². The minimum Gasteiger partial charge on any atom is -0.463 e. The van der Waals surface area contributed by atoms with Crippen LogP contribution in [0.5, 0.6) is 0 Å². The number of esters is 1. The third kappa shape index (κ3) is 4.85. The third-order valence-electron chi connectivity index (χ3n) is 5.27. The molecule has 1 aromatic carbocycles. The predicted octanol–water partition coefficient (Wildman–Crippen LogP) is 3.38. The van der Waals surface area contributed by atoms with E-state index in [1.807, 2.05) is 0 Å². The molecule has 1 fully saturated rings. The first-order valence-corrected chi connectivity index (χ1v) is 10.1. The number of hydrogen-bond donors (Lipinski definition) is 1. The van der Waals surface area contributed by atoms with Crippen molar-refractivity contribution in [3.8, 4) is 0 Å². The number of rotatable bonds is 7. The Kier molecular flexibility index (Phi) is 7.04. The van der Waals surface area contributed by atoms with E-state index >= 15 is 0 Å². The topological polar surface area (TPSA) is 61.9 Å². The fourth-order valence-electron chi connectivity index (χ4n) is 3.88. The second-order valence-corrected chi connectivity index (χ2v) is 7.25. The van der Waals surface area contributed by atoms with Crippen molar-refractivity contribution in [3.05, 3.63) is 59.6 Å². The molecular weight excluding hydrogens is 373 g/mol. The molecular formula is C22H28FN3O3. The van der Waals surface area contributed by atoms with Gasteiger partial charge in [-0.15, -0.1) is 6.58 Å². The minimum absolute atomic E-state index is 0.227. The van der Waals surface area contributed by atoms with E-state index in [0.29, 0.717) is 23.4 Å². The predicted molar refractivity (Wildman–Crippen MR) is 109 cm³/mol. The molecule has 3 rings (SSSR count). The van der Waals surface area contributed by atoms with Crippen LogP contribution in [0, 0.1) is 5.82 Å². The lowest BCUT2D eigenvalue weighted by atomic mass is 9.94. The number of nitrogens with zero attached hydrogens (tertiary/aromatic N) is 2. The molecule has 2 heterocycles. The van der Waals surface area contributed by atoms with Crippen molar-refractivity contribution in [3.63, 3.8) is 0 Å². The van der Waals surface area contributed by atoms with Crippen LogP contribution >= 0.6 is 0 Å². The normalized spacial score (nSPS) is 20.4. The van der Waals surface area contributed by atoms with Crippen LogP contribution in [0.3, 0.4) is 0 Å². The van der Waals surface area contributed by atoms with Crippen LogP contribution in [0.1, 0.15) is 37.8 Å². The molecule has 1 unspecified atom stereocenters. The Hall–Kier alpha value is -2.67. The summed E-state index contributed by atoms with van der Waals surface area (Å²) in [6.07, 6.45) is 5.01. The van der Waals surface area contributed by atoms with Crippen molar-refractivity contribution in [2.75, 3.05) is 32.8 Å². The minimum atomic E-state index is -0.692. The molecule has 0 aromatic heterocycles. The quantitative estimate of drug-likeness (QED) is 0.562. The van der Waals surface area contributed by atoms with Gasteiger partial charge in [0.2, 0.25) is 0 Å². The number of carbonyl (C=O) groups excluding carboxylic acids is 2. The highest BCUT2D eigenvalue weighted by Crippen LogP contribution is 2.32. The van der Waals surface area contributed by atoms with Crippen molar-refractivity contribution >= 4 is 12.0 Å². The van der Waals surface area contributed by atoms with Gasteiger partial charge < -0.3 is 10.1 Å². The third-order valence-corrected chi connectivity index (χ3v) is 5.27. The van der Waals surface area contributed by atoms with Gasteiger partial charge in [0.15, 0.2) is 0 Å². The molecule has 0 aliphatic carbocycles. The zero-order valence-corrected chi connectivity index (χ0v) is 16.8. The van der Waals surface area contributed by atoms with Crippen LogP contribution in [-0.4, -0.2) is 54.6 Å². The smallest absolute Gasteiger partial charge is 0.338 e. The molecule has 2 aliphatic rings. The van der Waals surface area contributed by atoms with E-state index in [4.69, 9.17) is 4.74 Å². The average molecular weight is 401 g/mol. The van der Waals surface area contributed by atoms with E-state index in [9.17, 15) is 14.0 Å². The van der Waals surface area contributed by atoms with Gasteiger partial charge in [0, 0.05) is 18.8 Å². The largest absolute Gasteiger partial charge is 0.463 e. The molecule has 2 amide bonds. The number of halogens is 1. The highest BCUT2D eigenvalue weighted by Gasteiger charge is 2.38. The first-order chi connectivity index (χ1) is 14.0. The van der Waals surface area contributed by atoms with Crippen LogP contribution in [0.4, 0.5) is 9.18 Å². The molecule has 6 nitrogen and oxygen atoms in total. The van der Waals surface area contributed by atoms with Crippen molar-refractivity contribution in [1.29, 1.82) is 0 Å². The van der Waals surface area contributed by atoms with E-state index in [1.54, 1.807) is 30.0 Å². The van der Waals surface area contributed by atoms with Gasteiger partial charge in [-0.3, -0.25) is 9.80 Å². The van der Waals surface area contributed by atoms with Crippen LogP contribution in [-0.2, 0) is 9.53 Å². The lowest BCUT2D eigenvalue weighted by molar-refractivity contribution is -0.139. The Bertz CT molecular complexity index is 785. The van der Waals surface area contributed by atoms with Crippen molar-refractivity contribution in [2.24, 2.45) is 0 Å². The highest BCUT2D eigenvalue weighted by atomic mass is 19.1. The second kappa shape index (κ2) is 9.69. The van der Waals surface area contributed by atoms with E-state index < -0.39 is 12.0 Å². The van der Waals surface area contributed by atoms with E-state index in [0.717, 1.165) is 25.9 Å². The molecule has 1 N–H and O–H groups in total. The summed E-state index contributed by atoms with van der Waals surface area (Å²) in [7, 11) is 0. The molecule has 0 spiro atoms. The molecule has 2 aliphatic heterocycles. The summed E-state index contributed by atoms with van der Waals surface area (Å²) in [6, 6.07) is 4.82. The van der Waals surface area contributed by atoms with E-state index in [1.165, 1.54) is 18.6 Å². The van der Waals surface area contributed by atoms with E-state index in [-0.39, 0.29) is 25.0 Å². The number of carbonyl (C=O) groups is 2. The number of amides is 2. The second-order valence-electron chi connectivity index (χ2n) is 7.25. The number of ether oxygens (including phenoxy) is 1. The number of urea groups is 1. The summed E-state index contributed by atoms with van der Waals surface area (Å²) >= 11 is 0. The zero-order valence-electron chi connectivity index (χ0n) is 16.8. The summed E-state index contributed by atoms with van der Waals surface area (Å²) in [6.45, 7) is 8.33. The number of benzene rings is 1. The molecule has 0 bridgehead atoms. The number of piperidine rings is 1. The van der Waals surface area contributed by atoms with Gasteiger partial charge in [0.05, 0.1) is 18.2 Å². The molecule has 156 valence electrons. The molecule has 1 saturated heterocycles. The van der Waals surface area contributed by atoms with Gasteiger partial charge in [-0.25, -0.2) is 14.0 Å². The first kappa shape index (κ1) is 21.0. The van der Waals surface area contributed by atoms with Crippen LogP contribution < -0.4 is 5.32 Å². The maximum Gasteiger partial charge on any atom is 0.338 e. The van der Waals surface area contributed by atoms with Crippen LogP contribution in [0.2, 0.25) is 0 Å². The van der Waals surface area contributed by atoms with Gasteiger partial charge in [-0.05, 0) is 50.6 Å². The molecule has 29 heavy (non-hydrogen) atoms. The summed E-state index contributed by atoms with van der Waals surface area (Å²) < 4.78 is 18.8. The molecule has 0 saturated carbocycles. The number of nitrogens with one attached hydrogen (secondary N) is 1. The van der Waals surface area contributed by atoms with Gasteiger partial charge >= 0.3 is 12.0 Å². The molecule has 7 heteroatoms. The average Bonchev–Trinajstić information content (AvgIpc) is 2.72. The lowest BCUT2D eigenvalue weighted by Gasteiger charge is -2.39. The molecule has 0 radical (unpaired) electrons. The van der Waals surface area contributed by atoms with Crippen LogP contribution in [0.15, 0.2) is 48.2 Å². The standard InChI is InChI=1S/C22H28FN3O3/c1-3-12-26-18(15-25-13-6-5-7-14-25)19(21(27)29-4-2)20(24-22(26)28)16-8-10-17(23)11-9-16/h3,8-11,20H,1,4-7,12-15H2,2H3,(H,24,28). The fourth-order valence-corrected chi connectivity index (χ4v) is 3.88. The number of likely N-dealkylation sites (tertiary alicyclic amines) is 1. The van der Waals surface area contributed by atoms with Gasteiger partial charge in [0.1, 0.15) is 5.82 Å². The summed E-state index contributed by atoms with van der Waals surface area (Å²) in [5.74, 6) is -0.845. The van der Waals surface area contributed by atoms with E-state index in [2.05, 4.69) is 16.8 Å². The summed E-state index contributed by atoms with van der Waals surface area (Å²) in [5.41, 5.74) is 1.66. The Morgan fingerprint density at radius 3 is 2.59 bits per heavy atom. The van der Waals surface area contributed by atoms with Crippen LogP contribution in [0.25, 0.3) is 0 Å². The monoisotopic (exact) mass is 401 g/mol. The van der Waals surface area contributed by atoms with Crippen molar-refractivity contribution in [2.45, 2.75) is 32.2 Å². The number of hydrogen-bond acceptors (Lipinski definition) is 4. The Morgan fingerprint density at radius 2 is 1.97 bits per heavy atom. The first-order valence-electron chi connectivity index (χ1n) is 10.1. The summed E-state index contributed by atoms with van der Waals surface area (Å²) in [5, 5.41) is 2.88. The Morgan fingerprint density at radius 1 is 1.28 bits per heavy atom. The molecule has 1 aromatic rings. The van der Waals surface area contributed by atoms with Crippen molar-refractivity contribution < 1.29 is 18.7 Å². The maximum absolute atomic E-state index is 13.4.